The molecule has 36 heavy (non-hydrogen) atoms. The van der Waals surface area contributed by atoms with Crippen molar-refractivity contribution in [3.05, 3.63) is 69.7 Å². The highest BCUT2D eigenvalue weighted by molar-refractivity contribution is 6.30. The minimum atomic E-state index is -0.515. The summed E-state index contributed by atoms with van der Waals surface area (Å²) in [4.78, 5) is 24.1. The van der Waals surface area contributed by atoms with E-state index in [4.69, 9.17) is 16.3 Å². The Balaban J connectivity index is 0.000000318. The van der Waals surface area contributed by atoms with Crippen LogP contribution in [0.1, 0.15) is 31.6 Å². The predicted molar refractivity (Wildman–Crippen MR) is 140 cm³/mol. The Bertz CT molecular complexity index is 1400. The Morgan fingerprint density at radius 1 is 1.25 bits per heavy atom. The molecule has 190 valence electrons. The number of fused-ring (bicyclic) bond motifs is 1. The van der Waals surface area contributed by atoms with Crippen molar-refractivity contribution in [1.29, 1.82) is 0 Å². The molecule has 0 spiro atoms. The summed E-state index contributed by atoms with van der Waals surface area (Å²) in [5.41, 5.74) is 0.732. The first kappa shape index (κ1) is 25.8. The van der Waals surface area contributed by atoms with E-state index in [9.17, 15) is 9.18 Å². The van der Waals surface area contributed by atoms with Gasteiger partial charge < -0.3 is 9.64 Å². The van der Waals surface area contributed by atoms with Crippen molar-refractivity contribution in [2.24, 2.45) is 7.05 Å². The quantitative estimate of drug-likeness (QED) is 0.354. The van der Waals surface area contributed by atoms with E-state index in [1.807, 2.05) is 35.0 Å². The van der Waals surface area contributed by atoms with Crippen molar-refractivity contribution in [1.82, 2.24) is 24.3 Å². The van der Waals surface area contributed by atoms with Crippen molar-refractivity contribution in [3.63, 3.8) is 0 Å². The second kappa shape index (κ2) is 11.2. The molecule has 8 nitrogen and oxygen atoms in total. The zero-order valence-corrected chi connectivity index (χ0v) is 21.7. The molecule has 0 aliphatic heterocycles. The summed E-state index contributed by atoms with van der Waals surface area (Å²) in [5, 5.41) is 4.77. The molecule has 0 atom stereocenters. The van der Waals surface area contributed by atoms with Gasteiger partial charge in [0.25, 0.3) is 5.56 Å². The molecular weight excluding hydrogens is 483 g/mol. The van der Waals surface area contributed by atoms with Crippen molar-refractivity contribution in [2.45, 2.75) is 32.7 Å². The lowest BCUT2D eigenvalue weighted by Crippen LogP contribution is -2.28. The molecule has 1 aliphatic rings. The van der Waals surface area contributed by atoms with Gasteiger partial charge in [0.2, 0.25) is 0 Å². The average molecular weight is 513 g/mol. The molecule has 1 aliphatic carbocycles. The Hall–Kier alpha value is -3.30. The molecule has 4 aromatic rings. The van der Waals surface area contributed by atoms with Crippen molar-refractivity contribution >= 4 is 28.3 Å². The third-order valence-corrected chi connectivity index (χ3v) is 6.41. The molecular formula is C26H30ClFN6O2. The van der Waals surface area contributed by atoms with E-state index in [-0.39, 0.29) is 16.1 Å². The summed E-state index contributed by atoms with van der Waals surface area (Å²) in [7, 11) is 3.29. The van der Waals surface area contributed by atoms with Crippen LogP contribution in [0, 0.1) is 12.7 Å². The van der Waals surface area contributed by atoms with E-state index in [0.29, 0.717) is 47.9 Å². The maximum atomic E-state index is 14.7. The molecule has 0 saturated heterocycles. The van der Waals surface area contributed by atoms with Crippen LogP contribution in [-0.2, 0) is 11.8 Å². The van der Waals surface area contributed by atoms with E-state index in [0.717, 1.165) is 6.04 Å². The normalized spacial score (nSPS) is 12.9. The number of aryl methyl sites for hydroxylation is 1. The van der Waals surface area contributed by atoms with E-state index in [1.165, 1.54) is 23.5 Å². The molecule has 10 heteroatoms. The number of hydrogen-bond acceptors (Lipinski definition) is 6. The predicted octanol–water partition coefficient (Wildman–Crippen LogP) is 4.79. The number of aromatic nitrogens is 5. The average Bonchev–Trinajstić information content (AvgIpc) is 3.57. The molecule has 0 radical (unpaired) electrons. The van der Waals surface area contributed by atoms with Crippen molar-refractivity contribution in [3.8, 4) is 11.3 Å². The monoisotopic (exact) mass is 512 g/mol. The maximum absolute atomic E-state index is 14.7. The number of likely N-dealkylation sites (N-methyl/N-ethyl adjacent to an activating group) is 1. The second-order valence-electron chi connectivity index (χ2n) is 8.66. The lowest BCUT2D eigenvalue weighted by molar-refractivity contribution is 0.205. The number of benzene rings is 1. The van der Waals surface area contributed by atoms with E-state index >= 15 is 0 Å². The van der Waals surface area contributed by atoms with Gasteiger partial charge in [0.05, 0.1) is 18.0 Å². The summed E-state index contributed by atoms with van der Waals surface area (Å²) < 4.78 is 23.4. The highest BCUT2D eigenvalue weighted by Gasteiger charge is 2.23. The smallest absolute Gasteiger partial charge is 0.261 e. The fraction of sp³-hybridized carbons (Fsp3) is 0.385. The minimum Gasteiger partial charge on any atom is -0.383 e. The number of nitrogens with zero attached hydrogens (tertiary/aromatic N) is 6. The standard InChI is InChI=1S/C20H22ClFN4O2.C6H8N2/c1-5-26(8-9-28-4)17-11-15-19(23-12(2)25(3)20(15)27)18(24-17)14-7-6-13(21)10-16(14)22;1-4-7-8(5-1)6-2-3-6/h6-7,10-11H,5,8-9H2,1-4H3;1,4-6H,2-3H2. The Morgan fingerprint density at radius 2 is 2.03 bits per heavy atom. The van der Waals surface area contributed by atoms with Gasteiger partial charge >= 0.3 is 0 Å². The van der Waals surface area contributed by atoms with Gasteiger partial charge in [0.15, 0.2) is 0 Å². The van der Waals surface area contributed by atoms with Crippen LogP contribution in [-0.4, -0.2) is 51.1 Å². The summed E-state index contributed by atoms with van der Waals surface area (Å²) in [5.74, 6) is 0.576. The van der Waals surface area contributed by atoms with Gasteiger partial charge in [0.1, 0.15) is 28.7 Å². The van der Waals surface area contributed by atoms with Gasteiger partial charge in [-0.3, -0.25) is 14.0 Å². The van der Waals surface area contributed by atoms with Gasteiger partial charge in [0, 0.05) is 50.2 Å². The van der Waals surface area contributed by atoms with E-state index < -0.39 is 5.82 Å². The van der Waals surface area contributed by atoms with Crippen LogP contribution < -0.4 is 10.5 Å². The second-order valence-corrected chi connectivity index (χ2v) is 9.10. The van der Waals surface area contributed by atoms with Crippen LogP contribution in [0.3, 0.4) is 0 Å². The molecule has 3 heterocycles. The Kier molecular flexibility index (Phi) is 8.01. The minimum absolute atomic E-state index is 0.204. The molecule has 0 amide bonds. The Morgan fingerprint density at radius 3 is 2.64 bits per heavy atom. The number of anilines is 1. The molecule has 3 aromatic heterocycles. The molecule has 0 bridgehead atoms. The van der Waals surface area contributed by atoms with Crippen LogP contribution in [0.15, 0.2) is 47.5 Å². The summed E-state index contributed by atoms with van der Waals surface area (Å²) in [6, 6.07) is 8.80. The zero-order valence-electron chi connectivity index (χ0n) is 20.9. The topological polar surface area (TPSA) is 78.1 Å². The van der Waals surface area contributed by atoms with Gasteiger partial charge in [-0.1, -0.05) is 11.6 Å². The van der Waals surface area contributed by atoms with Crippen LogP contribution in [0.5, 0.6) is 0 Å². The van der Waals surface area contributed by atoms with Gasteiger partial charge in [-0.05, 0) is 57.0 Å². The van der Waals surface area contributed by atoms with Crippen LogP contribution in [0.2, 0.25) is 5.02 Å². The first-order valence-electron chi connectivity index (χ1n) is 11.9. The summed E-state index contributed by atoms with van der Waals surface area (Å²) >= 11 is 5.90. The first-order valence-corrected chi connectivity index (χ1v) is 12.3. The van der Waals surface area contributed by atoms with Crippen molar-refractivity contribution in [2.75, 3.05) is 31.7 Å². The fourth-order valence-electron chi connectivity index (χ4n) is 3.87. The fourth-order valence-corrected chi connectivity index (χ4v) is 4.03. The lowest BCUT2D eigenvalue weighted by Gasteiger charge is -2.23. The van der Waals surface area contributed by atoms with E-state index in [2.05, 4.69) is 15.1 Å². The molecule has 1 saturated carbocycles. The van der Waals surface area contributed by atoms with Crippen LogP contribution in [0.4, 0.5) is 10.2 Å². The summed E-state index contributed by atoms with van der Waals surface area (Å²) in [6.07, 6.45) is 6.50. The van der Waals surface area contributed by atoms with Gasteiger partial charge in [-0.25, -0.2) is 14.4 Å². The molecule has 0 unspecified atom stereocenters. The third-order valence-electron chi connectivity index (χ3n) is 6.18. The lowest BCUT2D eigenvalue weighted by atomic mass is 10.1. The number of rotatable bonds is 7. The van der Waals surface area contributed by atoms with E-state index in [1.54, 1.807) is 39.3 Å². The number of pyridine rings is 1. The highest BCUT2D eigenvalue weighted by Crippen LogP contribution is 2.33. The molecule has 1 aromatic carbocycles. The molecule has 0 N–H and O–H groups in total. The SMILES string of the molecule is CCN(CCOC)c1cc2c(=O)n(C)c(C)nc2c(-c2ccc(Cl)cc2F)n1.c1cnn(C2CC2)c1. The Labute approximate surface area is 214 Å². The number of methoxy groups -OCH3 is 1. The van der Waals surface area contributed by atoms with Gasteiger partial charge in [-0.15, -0.1) is 0 Å². The van der Waals surface area contributed by atoms with Crippen LogP contribution in [0.25, 0.3) is 22.2 Å². The largest absolute Gasteiger partial charge is 0.383 e. The third kappa shape index (κ3) is 5.57. The van der Waals surface area contributed by atoms with Crippen molar-refractivity contribution < 1.29 is 9.13 Å². The highest BCUT2D eigenvalue weighted by atomic mass is 35.5. The van der Waals surface area contributed by atoms with Gasteiger partial charge in [-0.2, -0.15) is 5.10 Å². The molecule has 5 rings (SSSR count). The number of ether oxygens (including phenoxy) is 1. The maximum Gasteiger partial charge on any atom is 0.261 e. The number of halogens is 2. The summed E-state index contributed by atoms with van der Waals surface area (Å²) in [6.45, 7) is 5.46. The van der Waals surface area contributed by atoms with Crippen LogP contribution >= 0.6 is 11.6 Å². The number of hydrogen-bond donors (Lipinski definition) is 0. The zero-order chi connectivity index (χ0) is 25.8. The first-order chi connectivity index (χ1) is 17.3. The molecule has 1 fully saturated rings.